The van der Waals surface area contributed by atoms with Gasteiger partial charge in [-0.15, -0.1) is 0 Å². The Morgan fingerprint density at radius 1 is 1.28 bits per heavy atom. The second-order valence-corrected chi connectivity index (χ2v) is 6.28. The Hall–Kier alpha value is -0.910. The normalized spacial score (nSPS) is 12.1. The van der Waals surface area contributed by atoms with Gasteiger partial charge in [-0.25, -0.2) is 13.1 Å². The van der Waals surface area contributed by atoms with E-state index in [0.29, 0.717) is 11.4 Å². The molecular formula is C13H22N2O2S. The van der Waals surface area contributed by atoms with Crippen LogP contribution in [-0.2, 0) is 16.6 Å². The molecule has 0 aromatic heterocycles. The van der Waals surface area contributed by atoms with Crippen LogP contribution in [0.5, 0.6) is 0 Å². The van der Waals surface area contributed by atoms with Crippen LogP contribution in [-0.4, -0.2) is 21.0 Å². The number of hydrogen-bond acceptors (Lipinski definition) is 3. The van der Waals surface area contributed by atoms with E-state index in [1.165, 1.54) is 0 Å². The van der Waals surface area contributed by atoms with E-state index in [9.17, 15) is 8.42 Å². The standard InChI is InChI=1S/C13H22N2O2S/c1-5-14-9-12-7-6-8-13(11(12)4)18(16,17)15-10(2)3/h6-8,10,14-15H,5,9H2,1-4H3. The summed E-state index contributed by atoms with van der Waals surface area (Å²) in [7, 11) is -3.42. The number of sulfonamides is 1. The highest BCUT2D eigenvalue weighted by atomic mass is 32.2. The second-order valence-electron chi connectivity index (χ2n) is 4.60. The molecule has 0 heterocycles. The molecule has 0 spiro atoms. The molecule has 0 saturated carbocycles. The van der Waals surface area contributed by atoms with E-state index in [0.717, 1.165) is 17.7 Å². The van der Waals surface area contributed by atoms with E-state index in [4.69, 9.17) is 0 Å². The van der Waals surface area contributed by atoms with Crippen LogP contribution in [0.15, 0.2) is 23.1 Å². The highest BCUT2D eigenvalue weighted by Gasteiger charge is 2.18. The molecular weight excluding hydrogens is 248 g/mol. The molecule has 0 aliphatic heterocycles. The number of benzene rings is 1. The van der Waals surface area contributed by atoms with E-state index in [-0.39, 0.29) is 6.04 Å². The molecule has 2 N–H and O–H groups in total. The minimum atomic E-state index is -3.42. The quantitative estimate of drug-likeness (QED) is 0.828. The summed E-state index contributed by atoms with van der Waals surface area (Å²) in [6.45, 7) is 9.05. The largest absolute Gasteiger partial charge is 0.313 e. The van der Waals surface area contributed by atoms with Gasteiger partial charge in [0.15, 0.2) is 0 Å². The van der Waals surface area contributed by atoms with Crippen molar-refractivity contribution in [3.05, 3.63) is 29.3 Å². The number of rotatable bonds is 6. The van der Waals surface area contributed by atoms with Crippen molar-refractivity contribution in [2.24, 2.45) is 0 Å². The van der Waals surface area contributed by atoms with Gasteiger partial charge in [0.25, 0.3) is 0 Å². The lowest BCUT2D eigenvalue weighted by Crippen LogP contribution is -2.31. The van der Waals surface area contributed by atoms with Crippen LogP contribution in [0.2, 0.25) is 0 Å². The molecule has 0 fully saturated rings. The molecule has 102 valence electrons. The Bertz CT molecular complexity index is 496. The Morgan fingerprint density at radius 3 is 2.50 bits per heavy atom. The van der Waals surface area contributed by atoms with Crippen LogP contribution in [0.4, 0.5) is 0 Å². The van der Waals surface area contributed by atoms with Crippen LogP contribution in [0.25, 0.3) is 0 Å². The Labute approximate surface area is 110 Å². The molecule has 5 heteroatoms. The molecule has 1 aromatic rings. The van der Waals surface area contributed by atoms with E-state index in [1.807, 2.05) is 33.8 Å². The van der Waals surface area contributed by atoms with E-state index >= 15 is 0 Å². The molecule has 0 bridgehead atoms. The second kappa shape index (κ2) is 6.31. The van der Waals surface area contributed by atoms with Crippen molar-refractivity contribution in [3.63, 3.8) is 0 Å². The molecule has 0 saturated heterocycles. The highest BCUT2D eigenvalue weighted by molar-refractivity contribution is 7.89. The lowest BCUT2D eigenvalue weighted by atomic mass is 10.1. The van der Waals surface area contributed by atoms with E-state index < -0.39 is 10.0 Å². The van der Waals surface area contributed by atoms with Crippen LogP contribution in [0.1, 0.15) is 31.9 Å². The first-order valence-electron chi connectivity index (χ1n) is 6.20. The summed E-state index contributed by atoms with van der Waals surface area (Å²) in [4.78, 5) is 0.367. The van der Waals surface area contributed by atoms with Crippen molar-refractivity contribution in [2.45, 2.75) is 45.2 Å². The fraction of sp³-hybridized carbons (Fsp3) is 0.538. The predicted molar refractivity (Wildman–Crippen MR) is 74.0 cm³/mol. The van der Waals surface area contributed by atoms with Gasteiger partial charge in [0.2, 0.25) is 10.0 Å². The van der Waals surface area contributed by atoms with Crippen LogP contribution >= 0.6 is 0 Å². The smallest absolute Gasteiger partial charge is 0.241 e. The van der Waals surface area contributed by atoms with Gasteiger partial charge < -0.3 is 5.32 Å². The summed E-state index contributed by atoms with van der Waals surface area (Å²) in [6, 6.07) is 5.28. The van der Waals surface area contributed by atoms with Crippen molar-refractivity contribution in [1.82, 2.24) is 10.0 Å². The zero-order valence-electron chi connectivity index (χ0n) is 11.4. The first kappa shape index (κ1) is 15.1. The monoisotopic (exact) mass is 270 g/mol. The Balaban J connectivity index is 3.10. The summed E-state index contributed by atoms with van der Waals surface area (Å²) in [5, 5.41) is 3.21. The maximum Gasteiger partial charge on any atom is 0.241 e. The van der Waals surface area contributed by atoms with Gasteiger partial charge in [-0.1, -0.05) is 19.1 Å². The van der Waals surface area contributed by atoms with Gasteiger partial charge in [-0.05, 0) is 44.5 Å². The van der Waals surface area contributed by atoms with Crippen molar-refractivity contribution >= 4 is 10.0 Å². The van der Waals surface area contributed by atoms with Crippen molar-refractivity contribution in [2.75, 3.05) is 6.54 Å². The first-order valence-corrected chi connectivity index (χ1v) is 7.68. The SMILES string of the molecule is CCNCc1cccc(S(=O)(=O)NC(C)C)c1C. The van der Waals surface area contributed by atoms with Crippen LogP contribution in [0.3, 0.4) is 0 Å². The molecule has 0 unspecified atom stereocenters. The fourth-order valence-corrected chi connectivity index (χ4v) is 3.32. The summed E-state index contributed by atoms with van der Waals surface area (Å²) >= 11 is 0. The van der Waals surface area contributed by atoms with Gasteiger partial charge >= 0.3 is 0 Å². The third-order valence-electron chi connectivity index (χ3n) is 2.64. The maximum atomic E-state index is 12.2. The summed E-state index contributed by atoms with van der Waals surface area (Å²) in [6.07, 6.45) is 0. The molecule has 0 aliphatic carbocycles. The Kier molecular flexibility index (Phi) is 5.31. The minimum absolute atomic E-state index is 0.105. The third kappa shape index (κ3) is 3.80. The van der Waals surface area contributed by atoms with Gasteiger partial charge in [-0.3, -0.25) is 0 Å². The van der Waals surface area contributed by atoms with Gasteiger partial charge in [0.05, 0.1) is 4.90 Å². The molecule has 1 aromatic carbocycles. The van der Waals surface area contributed by atoms with Gasteiger partial charge in [0, 0.05) is 12.6 Å². The zero-order chi connectivity index (χ0) is 13.8. The highest BCUT2D eigenvalue weighted by Crippen LogP contribution is 2.19. The first-order chi connectivity index (χ1) is 8.38. The van der Waals surface area contributed by atoms with Crippen molar-refractivity contribution in [1.29, 1.82) is 0 Å². The number of hydrogen-bond donors (Lipinski definition) is 2. The maximum absolute atomic E-state index is 12.2. The topological polar surface area (TPSA) is 58.2 Å². The summed E-state index contributed by atoms with van der Waals surface area (Å²) in [5.74, 6) is 0. The Morgan fingerprint density at radius 2 is 1.94 bits per heavy atom. The van der Waals surface area contributed by atoms with E-state index in [2.05, 4.69) is 10.0 Å². The molecule has 4 nitrogen and oxygen atoms in total. The lowest BCUT2D eigenvalue weighted by molar-refractivity contribution is 0.569. The summed E-state index contributed by atoms with van der Waals surface area (Å²) < 4.78 is 26.9. The molecule has 0 atom stereocenters. The summed E-state index contributed by atoms with van der Waals surface area (Å²) in [5.41, 5.74) is 1.83. The van der Waals surface area contributed by atoms with Crippen molar-refractivity contribution in [3.8, 4) is 0 Å². The van der Waals surface area contributed by atoms with E-state index in [1.54, 1.807) is 12.1 Å². The zero-order valence-corrected chi connectivity index (χ0v) is 12.3. The number of nitrogens with one attached hydrogen (secondary N) is 2. The van der Waals surface area contributed by atoms with Crippen LogP contribution < -0.4 is 10.0 Å². The third-order valence-corrected chi connectivity index (χ3v) is 4.45. The lowest BCUT2D eigenvalue weighted by Gasteiger charge is -2.14. The van der Waals surface area contributed by atoms with Gasteiger partial charge in [-0.2, -0.15) is 0 Å². The molecule has 18 heavy (non-hydrogen) atoms. The molecule has 0 amide bonds. The van der Waals surface area contributed by atoms with Crippen molar-refractivity contribution < 1.29 is 8.42 Å². The van der Waals surface area contributed by atoms with Crippen LogP contribution in [0, 0.1) is 6.92 Å². The van der Waals surface area contributed by atoms with Gasteiger partial charge in [0.1, 0.15) is 0 Å². The molecule has 0 radical (unpaired) electrons. The molecule has 1 rings (SSSR count). The molecule has 0 aliphatic rings. The average molecular weight is 270 g/mol. The fourth-order valence-electron chi connectivity index (χ4n) is 1.78. The predicted octanol–water partition coefficient (Wildman–Crippen LogP) is 1.79. The minimum Gasteiger partial charge on any atom is -0.313 e. The average Bonchev–Trinajstić information content (AvgIpc) is 2.25.